The molecule has 0 unspecified atom stereocenters. The quantitative estimate of drug-likeness (QED) is 0.584. The summed E-state index contributed by atoms with van der Waals surface area (Å²) in [7, 11) is 0. The largest absolute Gasteiger partial charge is 0.465 e. The summed E-state index contributed by atoms with van der Waals surface area (Å²) in [5, 5.41) is 0.156. The molecule has 0 aromatic carbocycles. The van der Waals surface area contributed by atoms with Crippen LogP contribution in [0, 0.1) is 5.92 Å². The van der Waals surface area contributed by atoms with Crippen molar-refractivity contribution < 1.29 is 9.53 Å². The van der Waals surface area contributed by atoms with Gasteiger partial charge in [0.25, 0.3) is 0 Å². The zero-order chi connectivity index (χ0) is 11.4. The SMILES string of the molecule is O=C(Cc1ccnc(Cl)n1)OCCC1CC1. The van der Waals surface area contributed by atoms with Gasteiger partial charge in [-0.3, -0.25) is 4.79 Å². The Morgan fingerprint density at radius 2 is 2.38 bits per heavy atom. The Balaban J connectivity index is 1.73. The fourth-order valence-electron chi connectivity index (χ4n) is 1.41. The maximum absolute atomic E-state index is 11.4. The van der Waals surface area contributed by atoms with Crippen molar-refractivity contribution in [2.45, 2.75) is 25.7 Å². The molecule has 1 aliphatic rings. The van der Waals surface area contributed by atoms with Crippen molar-refractivity contribution in [3.8, 4) is 0 Å². The topological polar surface area (TPSA) is 52.1 Å². The summed E-state index contributed by atoms with van der Waals surface area (Å²) in [4.78, 5) is 19.1. The molecule has 0 atom stereocenters. The predicted molar refractivity (Wildman–Crippen MR) is 59.0 cm³/mol. The summed E-state index contributed by atoms with van der Waals surface area (Å²) in [5.41, 5.74) is 0.594. The van der Waals surface area contributed by atoms with Crippen LogP contribution in [0.2, 0.25) is 5.28 Å². The van der Waals surface area contributed by atoms with Gasteiger partial charge in [-0.05, 0) is 30.0 Å². The molecule has 1 saturated carbocycles. The van der Waals surface area contributed by atoms with E-state index in [1.165, 1.54) is 19.0 Å². The lowest BCUT2D eigenvalue weighted by molar-refractivity contribution is -0.143. The third-order valence-electron chi connectivity index (χ3n) is 2.50. The van der Waals surface area contributed by atoms with E-state index in [2.05, 4.69) is 9.97 Å². The zero-order valence-electron chi connectivity index (χ0n) is 8.86. The van der Waals surface area contributed by atoms with Crippen LogP contribution in [-0.2, 0) is 16.0 Å². The van der Waals surface area contributed by atoms with E-state index < -0.39 is 0 Å². The number of ether oxygens (including phenoxy) is 1. The maximum Gasteiger partial charge on any atom is 0.311 e. The molecule has 0 saturated heterocycles. The Hall–Kier alpha value is -1.16. The lowest BCUT2D eigenvalue weighted by Crippen LogP contribution is -2.10. The molecule has 0 radical (unpaired) electrons. The number of hydrogen-bond acceptors (Lipinski definition) is 4. The van der Waals surface area contributed by atoms with E-state index in [1.807, 2.05) is 0 Å². The van der Waals surface area contributed by atoms with Gasteiger partial charge in [-0.1, -0.05) is 12.8 Å². The lowest BCUT2D eigenvalue weighted by atomic mass is 10.3. The summed E-state index contributed by atoms with van der Waals surface area (Å²) in [5.74, 6) is 0.525. The van der Waals surface area contributed by atoms with Crippen LogP contribution in [0.4, 0.5) is 0 Å². The molecule has 0 spiro atoms. The predicted octanol–water partition coefficient (Wildman–Crippen LogP) is 2.02. The molecular weight excluding hydrogens is 228 g/mol. The van der Waals surface area contributed by atoms with E-state index in [1.54, 1.807) is 6.07 Å². The summed E-state index contributed by atoms with van der Waals surface area (Å²) < 4.78 is 5.09. The number of carbonyl (C=O) groups is 1. The first-order chi connectivity index (χ1) is 7.74. The second-order valence-corrected chi connectivity index (χ2v) is 4.28. The van der Waals surface area contributed by atoms with Crippen molar-refractivity contribution in [2.24, 2.45) is 5.92 Å². The molecule has 1 aliphatic carbocycles. The second-order valence-electron chi connectivity index (χ2n) is 3.95. The van der Waals surface area contributed by atoms with E-state index in [4.69, 9.17) is 16.3 Å². The first kappa shape index (κ1) is 11.3. The van der Waals surface area contributed by atoms with Crippen molar-refractivity contribution in [1.82, 2.24) is 9.97 Å². The lowest BCUT2D eigenvalue weighted by Gasteiger charge is -2.03. The van der Waals surface area contributed by atoms with Crippen LogP contribution in [0.1, 0.15) is 25.0 Å². The minimum Gasteiger partial charge on any atom is -0.465 e. The van der Waals surface area contributed by atoms with Gasteiger partial charge in [0.1, 0.15) is 0 Å². The standard InChI is InChI=1S/C11H13ClN2O2/c12-11-13-5-3-9(14-11)7-10(15)16-6-4-8-1-2-8/h3,5,8H,1-2,4,6-7H2. The van der Waals surface area contributed by atoms with Crippen molar-refractivity contribution >= 4 is 17.6 Å². The van der Waals surface area contributed by atoms with E-state index in [0.717, 1.165) is 12.3 Å². The highest BCUT2D eigenvalue weighted by atomic mass is 35.5. The van der Waals surface area contributed by atoms with Crippen molar-refractivity contribution in [1.29, 1.82) is 0 Å². The van der Waals surface area contributed by atoms with Gasteiger partial charge in [0.15, 0.2) is 0 Å². The van der Waals surface area contributed by atoms with E-state index in [-0.39, 0.29) is 17.7 Å². The second kappa shape index (κ2) is 5.25. The third kappa shape index (κ3) is 3.77. The smallest absolute Gasteiger partial charge is 0.311 e. The average molecular weight is 241 g/mol. The summed E-state index contributed by atoms with van der Waals surface area (Å²) in [6.07, 6.45) is 5.23. The Morgan fingerprint density at radius 1 is 1.56 bits per heavy atom. The third-order valence-corrected chi connectivity index (χ3v) is 2.68. The average Bonchev–Trinajstić information content (AvgIpc) is 3.01. The molecule has 0 bridgehead atoms. The highest BCUT2D eigenvalue weighted by molar-refractivity contribution is 6.28. The van der Waals surface area contributed by atoms with Crippen LogP contribution < -0.4 is 0 Å². The van der Waals surface area contributed by atoms with Gasteiger partial charge < -0.3 is 4.74 Å². The monoisotopic (exact) mass is 240 g/mol. The number of halogens is 1. The molecule has 5 heteroatoms. The molecule has 16 heavy (non-hydrogen) atoms. The van der Waals surface area contributed by atoms with E-state index in [9.17, 15) is 4.79 Å². The molecule has 1 fully saturated rings. The minimum absolute atomic E-state index is 0.156. The Kier molecular flexibility index (Phi) is 3.72. The molecule has 4 nitrogen and oxygen atoms in total. The Bertz CT molecular complexity index is 380. The van der Waals surface area contributed by atoms with Crippen molar-refractivity contribution in [2.75, 3.05) is 6.61 Å². The van der Waals surface area contributed by atoms with Gasteiger partial charge in [-0.15, -0.1) is 0 Å². The first-order valence-corrected chi connectivity index (χ1v) is 5.75. The molecule has 0 aliphatic heterocycles. The summed E-state index contributed by atoms with van der Waals surface area (Å²) in [6, 6.07) is 1.66. The van der Waals surface area contributed by atoms with Crippen LogP contribution in [0.25, 0.3) is 0 Å². The van der Waals surface area contributed by atoms with Crippen LogP contribution in [0.5, 0.6) is 0 Å². The van der Waals surface area contributed by atoms with Gasteiger partial charge in [-0.2, -0.15) is 0 Å². The van der Waals surface area contributed by atoms with Crippen LogP contribution >= 0.6 is 11.6 Å². The number of esters is 1. The van der Waals surface area contributed by atoms with Gasteiger partial charge in [-0.25, -0.2) is 9.97 Å². The number of rotatable bonds is 5. The molecule has 1 aromatic heterocycles. The molecule has 2 rings (SSSR count). The zero-order valence-corrected chi connectivity index (χ0v) is 9.61. The number of aromatic nitrogens is 2. The van der Waals surface area contributed by atoms with Crippen LogP contribution in [0.3, 0.4) is 0 Å². The van der Waals surface area contributed by atoms with E-state index in [0.29, 0.717) is 12.3 Å². The fourth-order valence-corrected chi connectivity index (χ4v) is 1.58. The van der Waals surface area contributed by atoms with Gasteiger partial charge in [0.2, 0.25) is 5.28 Å². The molecule has 86 valence electrons. The Labute approximate surface area is 99.0 Å². The van der Waals surface area contributed by atoms with Crippen LogP contribution in [-0.4, -0.2) is 22.5 Å². The minimum atomic E-state index is -0.254. The molecule has 1 heterocycles. The maximum atomic E-state index is 11.4. The van der Waals surface area contributed by atoms with Gasteiger partial charge in [0, 0.05) is 6.20 Å². The number of hydrogen-bond donors (Lipinski definition) is 0. The van der Waals surface area contributed by atoms with Crippen LogP contribution in [0.15, 0.2) is 12.3 Å². The highest BCUT2D eigenvalue weighted by Gasteiger charge is 2.21. The van der Waals surface area contributed by atoms with E-state index >= 15 is 0 Å². The summed E-state index contributed by atoms with van der Waals surface area (Å²) in [6.45, 7) is 0.516. The number of nitrogens with zero attached hydrogens (tertiary/aromatic N) is 2. The highest BCUT2D eigenvalue weighted by Crippen LogP contribution is 2.32. The van der Waals surface area contributed by atoms with Gasteiger partial charge >= 0.3 is 5.97 Å². The molecular formula is C11H13ClN2O2. The molecule has 1 aromatic rings. The fraction of sp³-hybridized carbons (Fsp3) is 0.545. The summed E-state index contributed by atoms with van der Waals surface area (Å²) >= 11 is 5.61. The van der Waals surface area contributed by atoms with Gasteiger partial charge in [0.05, 0.1) is 18.7 Å². The van der Waals surface area contributed by atoms with Crippen molar-refractivity contribution in [3.63, 3.8) is 0 Å². The normalized spacial score (nSPS) is 14.8. The molecule has 0 N–H and O–H groups in total. The molecule has 0 amide bonds. The van der Waals surface area contributed by atoms with Crippen molar-refractivity contribution in [3.05, 3.63) is 23.2 Å². The first-order valence-electron chi connectivity index (χ1n) is 5.37. The number of carbonyl (C=O) groups excluding carboxylic acids is 1. The Morgan fingerprint density at radius 3 is 3.06 bits per heavy atom.